The molecule has 0 radical (unpaired) electrons. The van der Waals surface area contributed by atoms with Crippen LogP contribution in [0, 0.1) is 13.8 Å². The van der Waals surface area contributed by atoms with E-state index in [1.165, 1.54) is 11.0 Å². The summed E-state index contributed by atoms with van der Waals surface area (Å²) in [5.74, 6) is -1.57. The summed E-state index contributed by atoms with van der Waals surface area (Å²) in [6.07, 6.45) is 2.31. The summed E-state index contributed by atoms with van der Waals surface area (Å²) in [4.78, 5) is 54.2. The lowest BCUT2D eigenvalue weighted by atomic mass is 9.98. The number of rotatable bonds is 14. The number of nitrogens with two attached hydrogens (primary N) is 1. The van der Waals surface area contributed by atoms with E-state index in [-0.39, 0.29) is 25.1 Å². The standard InChI is InChI=1S/C32H46N4O6/c1-7-8-9-12-19-36(30(40)25(16-18-27(33)38)35-31(41)42-32(4,5)6)28(23-15-17-26(37)22(3)20-23)29(39)34-24-14-11-10-13-21(24)2/h10-11,13-15,17,20,25,28,37H,7-9,12,16,18-19H2,1-6H3,(H2,33,38)(H,34,39)(H,35,41). The average molecular weight is 583 g/mol. The van der Waals surface area contributed by atoms with Gasteiger partial charge in [-0.2, -0.15) is 0 Å². The van der Waals surface area contributed by atoms with Gasteiger partial charge in [0.1, 0.15) is 23.4 Å². The van der Waals surface area contributed by atoms with Gasteiger partial charge < -0.3 is 31.1 Å². The topological polar surface area (TPSA) is 151 Å². The number of ether oxygens (including phenoxy) is 1. The van der Waals surface area contributed by atoms with E-state index in [0.29, 0.717) is 23.2 Å². The Kier molecular flexibility index (Phi) is 12.8. The number of hydrogen-bond acceptors (Lipinski definition) is 6. The molecule has 0 aliphatic heterocycles. The van der Waals surface area contributed by atoms with Gasteiger partial charge >= 0.3 is 6.09 Å². The maximum atomic E-state index is 14.3. The third-order valence-corrected chi connectivity index (χ3v) is 6.70. The predicted octanol–water partition coefficient (Wildman–Crippen LogP) is 5.26. The van der Waals surface area contributed by atoms with Crippen LogP contribution in [0.4, 0.5) is 10.5 Å². The second-order valence-corrected chi connectivity index (χ2v) is 11.5. The highest BCUT2D eigenvalue weighted by Gasteiger charge is 2.36. The molecule has 2 unspecified atom stereocenters. The Hall–Kier alpha value is -4.08. The number of amides is 4. The van der Waals surface area contributed by atoms with Gasteiger partial charge in [-0.3, -0.25) is 14.4 Å². The van der Waals surface area contributed by atoms with Crippen LogP contribution in [0.5, 0.6) is 5.75 Å². The summed E-state index contributed by atoms with van der Waals surface area (Å²) in [6.45, 7) is 11.0. The van der Waals surface area contributed by atoms with Crippen molar-refractivity contribution in [3.8, 4) is 5.75 Å². The highest BCUT2D eigenvalue weighted by molar-refractivity contribution is 5.99. The summed E-state index contributed by atoms with van der Waals surface area (Å²) < 4.78 is 5.39. The van der Waals surface area contributed by atoms with Crippen LogP contribution in [0.3, 0.4) is 0 Å². The smallest absolute Gasteiger partial charge is 0.408 e. The Morgan fingerprint density at radius 2 is 1.69 bits per heavy atom. The second-order valence-electron chi connectivity index (χ2n) is 11.5. The van der Waals surface area contributed by atoms with E-state index >= 15 is 0 Å². The van der Waals surface area contributed by atoms with Crippen LogP contribution >= 0.6 is 0 Å². The first-order chi connectivity index (χ1) is 19.7. The summed E-state index contributed by atoms with van der Waals surface area (Å²) >= 11 is 0. The molecule has 5 N–H and O–H groups in total. The first-order valence-electron chi connectivity index (χ1n) is 14.5. The summed E-state index contributed by atoms with van der Waals surface area (Å²) in [5, 5.41) is 15.8. The lowest BCUT2D eigenvalue weighted by molar-refractivity contribution is -0.141. The molecule has 0 aromatic heterocycles. The number of unbranched alkanes of at least 4 members (excludes halogenated alkanes) is 3. The minimum atomic E-state index is -1.18. The molecule has 10 nitrogen and oxygen atoms in total. The molecule has 0 fully saturated rings. The molecule has 0 saturated heterocycles. The monoisotopic (exact) mass is 582 g/mol. The number of phenolic OH excluding ortho intramolecular Hbond substituents is 1. The van der Waals surface area contributed by atoms with Gasteiger partial charge in [-0.25, -0.2) is 4.79 Å². The number of hydrogen-bond donors (Lipinski definition) is 4. The Morgan fingerprint density at radius 3 is 2.29 bits per heavy atom. The van der Waals surface area contributed by atoms with Crippen LogP contribution in [0.15, 0.2) is 42.5 Å². The number of carbonyl (C=O) groups is 4. The molecule has 0 saturated carbocycles. The largest absolute Gasteiger partial charge is 0.508 e. The van der Waals surface area contributed by atoms with Gasteiger partial charge in [-0.1, -0.05) is 50.5 Å². The van der Waals surface area contributed by atoms with Crippen LogP contribution in [0.25, 0.3) is 0 Å². The molecule has 10 heteroatoms. The third kappa shape index (κ3) is 10.7. The Morgan fingerprint density at radius 1 is 1.00 bits per heavy atom. The molecule has 2 atom stereocenters. The van der Waals surface area contributed by atoms with Gasteiger partial charge in [0.15, 0.2) is 0 Å². The summed E-state index contributed by atoms with van der Waals surface area (Å²) in [5.41, 5.74) is 7.05. The molecule has 2 rings (SSSR count). The van der Waals surface area contributed by atoms with Crippen LogP contribution in [0.2, 0.25) is 0 Å². The van der Waals surface area contributed by atoms with Crippen molar-refractivity contribution in [2.75, 3.05) is 11.9 Å². The number of anilines is 1. The number of aryl methyl sites for hydroxylation is 2. The number of primary amides is 1. The molecule has 4 amide bonds. The Balaban J connectivity index is 2.59. The van der Waals surface area contributed by atoms with E-state index in [9.17, 15) is 24.3 Å². The van der Waals surface area contributed by atoms with Crippen LogP contribution in [-0.2, 0) is 19.1 Å². The van der Waals surface area contributed by atoms with Gasteiger partial charge in [0.05, 0.1) is 0 Å². The minimum absolute atomic E-state index is 0.0589. The fourth-order valence-electron chi connectivity index (χ4n) is 4.51. The fourth-order valence-corrected chi connectivity index (χ4v) is 4.51. The number of carbonyl (C=O) groups excluding carboxylic acids is 4. The van der Waals surface area contributed by atoms with Crippen LogP contribution in [0.1, 0.15) is 89.0 Å². The average Bonchev–Trinajstić information content (AvgIpc) is 2.90. The number of phenols is 1. The van der Waals surface area contributed by atoms with Crippen molar-refractivity contribution in [1.29, 1.82) is 0 Å². The molecule has 42 heavy (non-hydrogen) atoms. The van der Waals surface area contributed by atoms with E-state index in [1.807, 2.05) is 19.1 Å². The second kappa shape index (κ2) is 15.8. The van der Waals surface area contributed by atoms with Crippen LogP contribution < -0.4 is 16.4 Å². The molecule has 230 valence electrons. The number of alkyl carbamates (subject to hydrolysis) is 1. The first kappa shape index (κ1) is 34.1. The molecular formula is C32H46N4O6. The fraction of sp³-hybridized carbons (Fsp3) is 0.500. The lowest BCUT2D eigenvalue weighted by Gasteiger charge is -2.35. The number of para-hydroxylation sites is 1. The highest BCUT2D eigenvalue weighted by Crippen LogP contribution is 2.29. The third-order valence-electron chi connectivity index (χ3n) is 6.70. The number of aromatic hydroxyl groups is 1. The van der Waals surface area contributed by atoms with Crippen molar-refractivity contribution >= 4 is 29.5 Å². The Bertz CT molecular complexity index is 1240. The van der Waals surface area contributed by atoms with Crippen molar-refractivity contribution in [1.82, 2.24) is 10.2 Å². The van der Waals surface area contributed by atoms with Crippen LogP contribution in [-0.4, -0.2) is 52.0 Å². The zero-order valence-electron chi connectivity index (χ0n) is 25.7. The quantitative estimate of drug-likeness (QED) is 0.223. The van der Waals surface area contributed by atoms with Crippen molar-refractivity contribution < 1.29 is 29.0 Å². The number of nitrogens with one attached hydrogen (secondary N) is 2. The van der Waals surface area contributed by atoms with E-state index in [2.05, 4.69) is 17.6 Å². The normalized spacial score (nSPS) is 12.6. The molecule has 0 aliphatic rings. The summed E-state index contributed by atoms with van der Waals surface area (Å²) in [7, 11) is 0. The van der Waals surface area contributed by atoms with Gasteiger partial charge in [-0.15, -0.1) is 0 Å². The van der Waals surface area contributed by atoms with Gasteiger partial charge in [0, 0.05) is 18.7 Å². The minimum Gasteiger partial charge on any atom is -0.508 e. The number of nitrogens with zero attached hydrogens (tertiary/aromatic N) is 1. The first-order valence-corrected chi connectivity index (χ1v) is 14.5. The van der Waals surface area contributed by atoms with E-state index in [4.69, 9.17) is 10.5 Å². The van der Waals surface area contributed by atoms with E-state index in [0.717, 1.165) is 24.8 Å². The SMILES string of the molecule is CCCCCCN(C(=O)C(CCC(N)=O)NC(=O)OC(C)(C)C)C(C(=O)Nc1ccccc1C)c1ccc(O)c(C)c1. The van der Waals surface area contributed by atoms with E-state index < -0.39 is 41.5 Å². The predicted molar refractivity (Wildman–Crippen MR) is 163 cm³/mol. The zero-order chi connectivity index (χ0) is 31.4. The van der Waals surface area contributed by atoms with Crippen molar-refractivity contribution in [2.24, 2.45) is 5.73 Å². The molecule has 0 bridgehead atoms. The summed E-state index contributed by atoms with van der Waals surface area (Å²) in [6, 6.07) is 9.80. The maximum Gasteiger partial charge on any atom is 0.408 e. The van der Waals surface area contributed by atoms with E-state index in [1.54, 1.807) is 52.0 Å². The molecule has 0 heterocycles. The molecule has 2 aromatic rings. The molecule has 0 spiro atoms. The van der Waals surface area contributed by atoms with Gasteiger partial charge in [0.2, 0.25) is 11.8 Å². The van der Waals surface area contributed by atoms with Gasteiger partial charge in [0.25, 0.3) is 5.91 Å². The Labute approximate surface area is 249 Å². The zero-order valence-corrected chi connectivity index (χ0v) is 25.7. The lowest BCUT2D eigenvalue weighted by Crippen LogP contribution is -2.52. The molecule has 0 aliphatic carbocycles. The van der Waals surface area contributed by atoms with Crippen molar-refractivity contribution in [3.05, 3.63) is 59.2 Å². The highest BCUT2D eigenvalue weighted by atomic mass is 16.6. The van der Waals surface area contributed by atoms with Crippen molar-refractivity contribution in [3.63, 3.8) is 0 Å². The van der Waals surface area contributed by atoms with Crippen molar-refractivity contribution in [2.45, 2.75) is 97.8 Å². The van der Waals surface area contributed by atoms with Gasteiger partial charge in [-0.05, 0) is 82.3 Å². The maximum absolute atomic E-state index is 14.3. The molecular weight excluding hydrogens is 536 g/mol. The number of benzene rings is 2. The molecule has 2 aromatic carbocycles.